The van der Waals surface area contributed by atoms with Gasteiger partial charge in [-0.1, -0.05) is 78.6 Å². The first-order valence-corrected chi connectivity index (χ1v) is 19.4. The number of nitrogens with zero attached hydrogens (tertiary/aromatic N) is 2. The molecule has 0 aromatic heterocycles. The van der Waals surface area contributed by atoms with Gasteiger partial charge in [-0.25, -0.2) is 0 Å². The van der Waals surface area contributed by atoms with E-state index in [1.165, 1.54) is 32.6 Å². The molecule has 0 aromatic rings. The molecular weight excluding hydrogens is 638 g/mol. The SMILES string of the molecule is CCCC[C@H]1C(=O)N(C)[C@@H](CC(C)C)C(=O)N[C@@H](C2CCCCC2)C(=O)N[C@@H](CN)C(=O)N[C@@H]([C@H](C)O)C(=O)NCCN1CCC1CCCC1. The second-order valence-corrected chi connectivity index (χ2v) is 15.4. The van der Waals surface area contributed by atoms with Crippen LogP contribution in [0.3, 0.4) is 0 Å². The minimum absolute atomic E-state index is 0.0933. The zero-order valence-corrected chi connectivity index (χ0v) is 31.4. The van der Waals surface area contributed by atoms with Gasteiger partial charge in [0.25, 0.3) is 0 Å². The van der Waals surface area contributed by atoms with Crippen LogP contribution in [0.5, 0.6) is 0 Å². The van der Waals surface area contributed by atoms with Gasteiger partial charge in [0.15, 0.2) is 0 Å². The zero-order valence-electron chi connectivity index (χ0n) is 31.4. The van der Waals surface area contributed by atoms with Crippen molar-refractivity contribution in [3.8, 4) is 0 Å². The van der Waals surface area contributed by atoms with Crippen molar-refractivity contribution in [1.29, 1.82) is 0 Å². The van der Waals surface area contributed by atoms with Crippen molar-refractivity contribution >= 4 is 29.5 Å². The smallest absolute Gasteiger partial charge is 0.245 e. The van der Waals surface area contributed by atoms with E-state index >= 15 is 0 Å². The molecule has 13 heteroatoms. The summed E-state index contributed by atoms with van der Waals surface area (Å²) >= 11 is 0. The van der Waals surface area contributed by atoms with Crippen molar-refractivity contribution in [2.45, 2.75) is 154 Å². The molecule has 3 fully saturated rings. The van der Waals surface area contributed by atoms with Crippen LogP contribution >= 0.6 is 0 Å². The third-order valence-corrected chi connectivity index (χ3v) is 11.0. The summed E-state index contributed by atoms with van der Waals surface area (Å²) in [6, 6.07) is -4.72. The van der Waals surface area contributed by atoms with Gasteiger partial charge in [-0.3, -0.25) is 28.9 Å². The van der Waals surface area contributed by atoms with E-state index in [4.69, 9.17) is 5.73 Å². The zero-order chi connectivity index (χ0) is 36.8. The number of nitrogens with two attached hydrogens (primary N) is 1. The average Bonchev–Trinajstić information content (AvgIpc) is 3.62. The van der Waals surface area contributed by atoms with Crippen molar-refractivity contribution in [3.63, 3.8) is 0 Å². The van der Waals surface area contributed by atoms with Gasteiger partial charge >= 0.3 is 0 Å². The van der Waals surface area contributed by atoms with Crippen LogP contribution in [0.2, 0.25) is 0 Å². The Hall–Kier alpha value is -2.77. The number of carbonyl (C=O) groups excluding carboxylic acids is 5. The van der Waals surface area contributed by atoms with Gasteiger partial charge in [0, 0.05) is 26.7 Å². The number of hydrogen-bond acceptors (Lipinski definition) is 8. The second kappa shape index (κ2) is 20.9. The summed E-state index contributed by atoms with van der Waals surface area (Å²) in [7, 11) is 1.70. The summed E-state index contributed by atoms with van der Waals surface area (Å²) in [5.74, 6) is -1.80. The fraction of sp³-hybridized carbons (Fsp3) is 0.865. The highest BCUT2D eigenvalue weighted by Gasteiger charge is 2.39. The largest absolute Gasteiger partial charge is 0.391 e. The molecule has 50 heavy (non-hydrogen) atoms. The molecule has 0 unspecified atom stereocenters. The van der Waals surface area contributed by atoms with E-state index in [0.717, 1.165) is 51.4 Å². The van der Waals surface area contributed by atoms with Crippen molar-refractivity contribution in [3.05, 3.63) is 0 Å². The molecule has 1 saturated heterocycles. The first-order chi connectivity index (χ1) is 23.9. The molecule has 7 N–H and O–H groups in total. The standard InChI is InChI=1S/C37H67N7O6/c1-6-7-17-29-37(50)43(5)30(22-24(2)3)34(47)42-32(27-15-9-8-10-16-27)36(49)40-28(23-38)33(46)41-31(25(4)45)35(48)39-19-21-44(29)20-18-26-13-11-12-14-26/h24-32,45H,6-23,38H2,1-5H3,(H,39,48)(H,40,49)(H,41,46)(H,42,47)/t25-,28-,29-,30-,31-,32-/m0/s1. The molecule has 3 aliphatic rings. The van der Waals surface area contributed by atoms with E-state index in [1.54, 1.807) is 11.9 Å². The summed E-state index contributed by atoms with van der Waals surface area (Å²) in [4.78, 5) is 73.4. The number of nitrogens with one attached hydrogen (secondary N) is 4. The molecule has 3 rings (SSSR count). The minimum Gasteiger partial charge on any atom is -0.391 e. The Bertz CT molecular complexity index is 1110. The molecular formula is C37H67N7O6. The quantitative estimate of drug-likeness (QED) is 0.188. The first kappa shape index (κ1) is 41.6. The summed E-state index contributed by atoms with van der Waals surface area (Å²) < 4.78 is 0. The Morgan fingerprint density at radius 1 is 0.820 bits per heavy atom. The predicted octanol–water partition coefficient (Wildman–Crippen LogP) is 1.80. The van der Waals surface area contributed by atoms with Gasteiger partial charge < -0.3 is 37.0 Å². The summed E-state index contributed by atoms with van der Waals surface area (Å²) in [5.41, 5.74) is 5.95. The number of unbranched alkanes of at least 4 members (excludes halogenated alkanes) is 1. The van der Waals surface area contributed by atoms with Crippen LogP contribution in [0.15, 0.2) is 0 Å². The summed E-state index contributed by atoms with van der Waals surface area (Å²) in [6.45, 7) is 8.53. The maximum atomic E-state index is 14.6. The van der Waals surface area contributed by atoms with Gasteiger partial charge in [0.1, 0.15) is 24.2 Å². The van der Waals surface area contributed by atoms with Crippen molar-refractivity contribution < 1.29 is 29.1 Å². The summed E-state index contributed by atoms with van der Waals surface area (Å²) in [6.07, 6.45) is 11.6. The fourth-order valence-electron chi connectivity index (χ4n) is 7.91. The van der Waals surface area contributed by atoms with E-state index in [0.29, 0.717) is 31.8 Å². The highest BCUT2D eigenvalue weighted by molar-refractivity contribution is 5.96. The van der Waals surface area contributed by atoms with Gasteiger partial charge in [0.2, 0.25) is 29.5 Å². The van der Waals surface area contributed by atoms with E-state index < -0.39 is 54.0 Å². The molecule has 6 atom stereocenters. The highest BCUT2D eigenvalue weighted by atomic mass is 16.3. The number of rotatable bonds is 11. The Balaban J connectivity index is 2.05. The molecule has 1 heterocycles. The third-order valence-electron chi connectivity index (χ3n) is 11.0. The Morgan fingerprint density at radius 3 is 2.08 bits per heavy atom. The maximum absolute atomic E-state index is 14.6. The van der Waals surface area contributed by atoms with Gasteiger partial charge in [0.05, 0.1) is 12.1 Å². The van der Waals surface area contributed by atoms with Crippen LogP contribution in [0.4, 0.5) is 0 Å². The van der Waals surface area contributed by atoms with E-state index in [2.05, 4.69) is 33.1 Å². The van der Waals surface area contributed by atoms with Crippen molar-refractivity contribution in [2.75, 3.05) is 33.2 Å². The second-order valence-electron chi connectivity index (χ2n) is 15.4. The molecule has 2 aliphatic carbocycles. The molecule has 2 saturated carbocycles. The number of aliphatic hydroxyl groups excluding tert-OH is 1. The topological polar surface area (TPSA) is 186 Å². The highest BCUT2D eigenvalue weighted by Crippen LogP contribution is 2.29. The number of carbonyl (C=O) groups is 5. The molecule has 13 nitrogen and oxygen atoms in total. The lowest BCUT2D eigenvalue weighted by Crippen LogP contribution is -2.63. The van der Waals surface area contributed by atoms with Gasteiger partial charge in [-0.05, 0) is 63.3 Å². The lowest BCUT2D eigenvalue weighted by molar-refractivity contribution is -0.145. The first-order valence-electron chi connectivity index (χ1n) is 19.4. The normalized spacial score (nSPS) is 28.8. The minimum atomic E-state index is -1.28. The van der Waals surface area contributed by atoms with Crippen LogP contribution in [0, 0.1) is 17.8 Å². The number of amides is 5. The van der Waals surface area contributed by atoms with Crippen molar-refractivity contribution in [1.82, 2.24) is 31.1 Å². The maximum Gasteiger partial charge on any atom is 0.245 e. The van der Waals surface area contributed by atoms with E-state index in [9.17, 15) is 29.1 Å². The monoisotopic (exact) mass is 706 g/mol. The lowest BCUT2D eigenvalue weighted by Gasteiger charge is -2.38. The Kier molecular flexibility index (Phi) is 17.4. The summed E-state index contributed by atoms with van der Waals surface area (Å²) in [5, 5.41) is 21.7. The van der Waals surface area contributed by atoms with Crippen LogP contribution in [0.25, 0.3) is 0 Å². The Morgan fingerprint density at radius 2 is 1.48 bits per heavy atom. The van der Waals surface area contributed by atoms with Crippen LogP contribution < -0.4 is 27.0 Å². The molecule has 0 bridgehead atoms. The number of aliphatic hydroxyl groups is 1. The Labute approximate surface area is 300 Å². The van der Waals surface area contributed by atoms with E-state index in [1.807, 2.05) is 13.8 Å². The van der Waals surface area contributed by atoms with Crippen LogP contribution in [-0.4, -0.2) is 114 Å². The predicted molar refractivity (Wildman–Crippen MR) is 194 cm³/mol. The number of likely N-dealkylation sites (N-methyl/N-ethyl adjacent to an activating group) is 1. The molecule has 0 radical (unpaired) electrons. The van der Waals surface area contributed by atoms with Crippen molar-refractivity contribution in [2.24, 2.45) is 23.5 Å². The molecule has 0 aromatic carbocycles. The van der Waals surface area contributed by atoms with Crippen LogP contribution in [0.1, 0.15) is 118 Å². The molecule has 5 amide bonds. The molecule has 286 valence electrons. The van der Waals surface area contributed by atoms with Gasteiger partial charge in [-0.15, -0.1) is 0 Å². The third kappa shape index (κ3) is 12.2. The molecule has 0 spiro atoms. The number of hydrogen-bond donors (Lipinski definition) is 6. The van der Waals surface area contributed by atoms with Crippen LogP contribution in [-0.2, 0) is 24.0 Å². The fourth-order valence-corrected chi connectivity index (χ4v) is 7.91. The van der Waals surface area contributed by atoms with E-state index in [-0.39, 0.29) is 36.7 Å². The molecule has 1 aliphatic heterocycles. The average molecular weight is 706 g/mol. The lowest BCUT2D eigenvalue weighted by atomic mass is 9.83. The van der Waals surface area contributed by atoms with Gasteiger partial charge in [-0.2, -0.15) is 0 Å².